The molecule has 5 nitrogen and oxygen atoms in total. The molecule has 0 amide bonds. The van der Waals surface area contributed by atoms with Gasteiger partial charge in [0.15, 0.2) is 9.34 Å². The van der Waals surface area contributed by atoms with Crippen molar-refractivity contribution >= 4 is 38.1 Å². The van der Waals surface area contributed by atoms with E-state index in [1.54, 1.807) is 13.0 Å². The van der Waals surface area contributed by atoms with Gasteiger partial charge in [-0.3, -0.25) is 0 Å². The Kier molecular flexibility index (Phi) is 4.10. The normalized spacial score (nSPS) is 11.5. The van der Waals surface area contributed by atoms with E-state index in [4.69, 9.17) is 16.7 Å². The highest BCUT2D eigenvalue weighted by Crippen LogP contribution is 2.26. The monoisotopic (exact) mass is 317 g/mol. The number of thiazole rings is 1. The minimum atomic E-state index is -3.71. The van der Waals surface area contributed by atoms with E-state index in [0.29, 0.717) is 22.4 Å². The Labute approximate surface area is 120 Å². The standard InChI is InChI=1S/C11H12ClN3O2S2/c1-7-10(19(13,16)17)18-11(15-7)14-6-8-4-2-3-5-9(8)12/h2-5H,6H2,1H3,(H,14,15)(H2,13,16,17). The molecule has 0 spiro atoms. The molecule has 2 rings (SSSR count). The maximum atomic E-state index is 11.3. The number of nitrogens with one attached hydrogen (secondary N) is 1. The predicted octanol–water partition coefficient (Wildman–Crippen LogP) is 2.36. The molecule has 0 saturated heterocycles. The van der Waals surface area contributed by atoms with E-state index in [9.17, 15) is 8.42 Å². The molecule has 19 heavy (non-hydrogen) atoms. The van der Waals surface area contributed by atoms with Gasteiger partial charge in [-0.25, -0.2) is 18.5 Å². The lowest BCUT2D eigenvalue weighted by atomic mass is 10.2. The predicted molar refractivity (Wildman–Crippen MR) is 77.0 cm³/mol. The molecule has 3 N–H and O–H groups in total. The van der Waals surface area contributed by atoms with Crippen molar-refractivity contribution in [2.24, 2.45) is 5.14 Å². The van der Waals surface area contributed by atoms with Crippen LogP contribution in [0.25, 0.3) is 0 Å². The third-order valence-electron chi connectivity index (χ3n) is 2.40. The molecule has 2 aromatic rings. The van der Waals surface area contributed by atoms with Gasteiger partial charge in [0, 0.05) is 11.6 Å². The fourth-order valence-corrected chi connectivity index (χ4v) is 3.59. The largest absolute Gasteiger partial charge is 0.357 e. The summed E-state index contributed by atoms with van der Waals surface area (Å²) in [6.45, 7) is 2.08. The average molecular weight is 318 g/mol. The highest BCUT2D eigenvalue weighted by Gasteiger charge is 2.17. The number of hydrogen-bond acceptors (Lipinski definition) is 5. The molecule has 1 aromatic carbocycles. The van der Waals surface area contributed by atoms with Gasteiger partial charge in [-0.2, -0.15) is 0 Å². The van der Waals surface area contributed by atoms with Gasteiger partial charge in [-0.1, -0.05) is 41.1 Å². The first-order valence-corrected chi connectivity index (χ1v) is 8.09. The van der Waals surface area contributed by atoms with E-state index in [1.165, 1.54) is 0 Å². The van der Waals surface area contributed by atoms with E-state index in [2.05, 4.69) is 10.3 Å². The van der Waals surface area contributed by atoms with Gasteiger partial charge in [0.05, 0.1) is 5.69 Å². The minimum Gasteiger partial charge on any atom is -0.357 e. The van der Waals surface area contributed by atoms with Gasteiger partial charge in [-0.15, -0.1) is 0 Å². The van der Waals surface area contributed by atoms with Crippen molar-refractivity contribution in [3.63, 3.8) is 0 Å². The summed E-state index contributed by atoms with van der Waals surface area (Å²) in [6.07, 6.45) is 0. The Morgan fingerprint density at radius 3 is 2.68 bits per heavy atom. The third-order valence-corrected chi connectivity index (χ3v) is 5.44. The maximum absolute atomic E-state index is 11.3. The number of benzene rings is 1. The van der Waals surface area contributed by atoms with Gasteiger partial charge < -0.3 is 5.32 Å². The molecule has 8 heteroatoms. The molecule has 0 aliphatic rings. The molecule has 0 aliphatic heterocycles. The SMILES string of the molecule is Cc1nc(NCc2ccccc2Cl)sc1S(N)(=O)=O. The Morgan fingerprint density at radius 2 is 2.11 bits per heavy atom. The van der Waals surface area contributed by atoms with Crippen LogP contribution in [-0.2, 0) is 16.6 Å². The lowest BCUT2D eigenvalue weighted by molar-refractivity contribution is 0.599. The average Bonchev–Trinajstić information content (AvgIpc) is 2.69. The molecule has 102 valence electrons. The third kappa shape index (κ3) is 3.44. The summed E-state index contributed by atoms with van der Waals surface area (Å²) in [5.41, 5.74) is 1.31. The smallest absolute Gasteiger partial charge is 0.249 e. The zero-order valence-corrected chi connectivity index (χ0v) is 12.4. The Bertz CT molecular complexity index is 698. The summed E-state index contributed by atoms with van der Waals surface area (Å²) in [5.74, 6) is 0. The second-order valence-electron chi connectivity index (χ2n) is 3.88. The topological polar surface area (TPSA) is 85.1 Å². The molecule has 0 bridgehead atoms. The van der Waals surface area contributed by atoms with Crippen LogP contribution in [0.1, 0.15) is 11.3 Å². The van der Waals surface area contributed by atoms with Crippen molar-refractivity contribution in [3.8, 4) is 0 Å². The molecular formula is C11H12ClN3O2S2. The first kappa shape index (κ1) is 14.3. The van der Waals surface area contributed by atoms with E-state index >= 15 is 0 Å². The maximum Gasteiger partial charge on any atom is 0.249 e. The summed E-state index contributed by atoms with van der Waals surface area (Å²) in [6, 6.07) is 7.40. The molecule has 0 unspecified atom stereocenters. The number of halogens is 1. The fourth-order valence-electron chi connectivity index (χ4n) is 1.53. The number of sulfonamides is 1. The Morgan fingerprint density at radius 1 is 1.42 bits per heavy atom. The highest BCUT2D eigenvalue weighted by atomic mass is 35.5. The van der Waals surface area contributed by atoms with Crippen LogP contribution in [-0.4, -0.2) is 13.4 Å². The number of rotatable bonds is 4. The van der Waals surface area contributed by atoms with Crippen molar-refractivity contribution in [2.75, 3.05) is 5.32 Å². The quantitative estimate of drug-likeness (QED) is 0.906. The zero-order valence-electron chi connectivity index (χ0n) is 10.1. The number of anilines is 1. The first-order chi connectivity index (χ1) is 8.88. The minimum absolute atomic E-state index is 0.0779. The molecule has 0 fully saturated rings. The van der Waals surface area contributed by atoms with Crippen LogP contribution in [0.15, 0.2) is 28.5 Å². The number of aromatic nitrogens is 1. The first-order valence-electron chi connectivity index (χ1n) is 5.35. The second-order valence-corrected chi connectivity index (χ2v) is 7.04. The van der Waals surface area contributed by atoms with E-state index in [0.717, 1.165) is 16.9 Å². The van der Waals surface area contributed by atoms with E-state index < -0.39 is 10.0 Å². The van der Waals surface area contributed by atoms with Crippen LogP contribution in [0.5, 0.6) is 0 Å². The molecular weight excluding hydrogens is 306 g/mol. The van der Waals surface area contributed by atoms with Gasteiger partial charge in [0.1, 0.15) is 0 Å². The Balaban J connectivity index is 2.16. The lowest BCUT2D eigenvalue weighted by Gasteiger charge is -2.04. The van der Waals surface area contributed by atoms with E-state index in [-0.39, 0.29) is 4.21 Å². The van der Waals surface area contributed by atoms with Crippen LogP contribution in [0.4, 0.5) is 5.13 Å². The lowest BCUT2D eigenvalue weighted by Crippen LogP contribution is -2.11. The van der Waals surface area contributed by atoms with Crippen molar-refractivity contribution in [2.45, 2.75) is 17.7 Å². The number of nitrogens with two attached hydrogens (primary N) is 1. The van der Waals surface area contributed by atoms with Gasteiger partial charge in [0.25, 0.3) is 0 Å². The zero-order chi connectivity index (χ0) is 14.0. The van der Waals surface area contributed by atoms with Gasteiger partial charge >= 0.3 is 0 Å². The van der Waals surface area contributed by atoms with Gasteiger partial charge in [-0.05, 0) is 18.6 Å². The summed E-state index contributed by atoms with van der Waals surface area (Å²) >= 11 is 7.04. The summed E-state index contributed by atoms with van der Waals surface area (Å²) in [7, 11) is -3.71. The molecule has 1 heterocycles. The van der Waals surface area contributed by atoms with Crippen LogP contribution in [0.3, 0.4) is 0 Å². The summed E-state index contributed by atoms with van der Waals surface area (Å²) < 4.78 is 22.7. The van der Waals surface area contributed by atoms with Crippen molar-refractivity contribution in [3.05, 3.63) is 40.5 Å². The van der Waals surface area contributed by atoms with Gasteiger partial charge in [0.2, 0.25) is 10.0 Å². The van der Waals surface area contributed by atoms with Crippen LogP contribution in [0, 0.1) is 6.92 Å². The molecule has 0 saturated carbocycles. The summed E-state index contributed by atoms with van der Waals surface area (Å²) in [4.78, 5) is 4.13. The second kappa shape index (κ2) is 5.46. The van der Waals surface area contributed by atoms with Crippen molar-refractivity contribution in [1.82, 2.24) is 4.98 Å². The van der Waals surface area contributed by atoms with Crippen molar-refractivity contribution < 1.29 is 8.42 Å². The molecule has 0 aliphatic carbocycles. The highest BCUT2D eigenvalue weighted by molar-refractivity contribution is 7.91. The number of hydrogen-bond donors (Lipinski definition) is 2. The number of primary sulfonamides is 1. The van der Waals surface area contributed by atoms with Crippen LogP contribution >= 0.6 is 22.9 Å². The molecule has 0 atom stereocenters. The molecule has 0 radical (unpaired) electrons. The van der Waals surface area contributed by atoms with E-state index in [1.807, 2.05) is 18.2 Å². The fraction of sp³-hybridized carbons (Fsp3) is 0.182. The van der Waals surface area contributed by atoms with Crippen LogP contribution < -0.4 is 10.5 Å². The summed E-state index contributed by atoms with van der Waals surface area (Å²) in [5, 5.41) is 9.28. The number of nitrogens with zero attached hydrogens (tertiary/aromatic N) is 1. The number of aryl methyl sites for hydroxylation is 1. The van der Waals surface area contributed by atoms with Crippen molar-refractivity contribution in [1.29, 1.82) is 0 Å². The molecule has 1 aromatic heterocycles. The Hall–Kier alpha value is -1.15. The van der Waals surface area contributed by atoms with Crippen LogP contribution in [0.2, 0.25) is 5.02 Å².